The second-order valence-corrected chi connectivity index (χ2v) is 4.56. The summed E-state index contributed by atoms with van der Waals surface area (Å²) in [4.78, 5) is 13.9. The van der Waals surface area contributed by atoms with E-state index in [1.807, 2.05) is 29.2 Å². The van der Waals surface area contributed by atoms with Crippen LogP contribution in [-0.2, 0) is 0 Å². The molecule has 1 aromatic rings. The van der Waals surface area contributed by atoms with Crippen molar-refractivity contribution in [1.82, 2.24) is 4.90 Å². The fourth-order valence-corrected chi connectivity index (χ4v) is 2.13. The number of carbonyl (C=O) groups is 1. The number of anilines is 1. The Bertz CT molecular complexity index is 496. The second kappa shape index (κ2) is 6.81. The summed E-state index contributed by atoms with van der Waals surface area (Å²) in [6.45, 7) is 2.03. The standard InChI is InChI=1S/C15H19N3O/c16-9-5-7-13-6-4-8-14(12-13)17-15(19)18-10-2-1-3-11-18/h4,6,8,12H,1-3,9-11,16H2,(H,17,19). The third-order valence-corrected chi connectivity index (χ3v) is 3.09. The van der Waals surface area contributed by atoms with Crippen LogP contribution in [0.3, 0.4) is 0 Å². The Hall–Kier alpha value is -1.99. The number of nitrogens with zero attached hydrogens (tertiary/aromatic N) is 1. The molecule has 100 valence electrons. The van der Waals surface area contributed by atoms with Gasteiger partial charge in [0.25, 0.3) is 0 Å². The molecule has 0 aromatic heterocycles. The van der Waals surface area contributed by atoms with E-state index < -0.39 is 0 Å². The van der Waals surface area contributed by atoms with Crippen molar-refractivity contribution in [3.8, 4) is 11.8 Å². The van der Waals surface area contributed by atoms with E-state index in [-0.39, 0.29) is 6.03 Å². The van der Waals surface area contributed by atoms with Gasteiger partial charge in [-0.1, -0.05) is 17.9 Å². The predicted molar refractivity (Wildman–Crippen MR) is 76.8 cm³/mol. The molecular formula is C15H19N3O. The number of piperidine rings is 1. The molecule has 0 radical (unpaired) electrons. The molecule has 1 heterocycles. The average molecular weight is 257 g/mol. The Morgan fingerprint density at radius 2 is 2.11 bits per heavy atom. The number of nitrogens with two attached hydrogens (primary N) is 1. The number of rotatable bonds is 1. The van der Waals surface area contributed by atoms with Gasteiger partial charge in [0.2, 0.25) is 0 Å². The van der Waals surface area contributed by atoms with Gasteiger partial charge in [-0.05, 0) is 37.5 Å². The normalized spacial score (nSPS) is 14.5. The first-order valence-corrected chi connectivity index (χ1v) is 6.64. The van der Waals surface area contributed by atoms with Crippen molar-refractivity contribution in [2.75, 3.05) is 25.0 Å². The molecule has 3 N–H and O–H groups in total. The Morgan fingerprint density at radius 3 is 2.84 bits per heavy atom. The summed E-state index contributed by atoms with van der Waals surface area (Å²) in [6.07, 6.45) is 3.40. The third kappa shape index (κ3) is 4.01. The summed E-state index contributed by atoms with van der Waals surface area (Å²) in [7, 11) is 0. The van der Waals surface area contributed by atoms with Crippen molar-refractivity contribution in [1.29, 1.82) is 0 Å². The molecule has 4 heteroatoms. The van der Waals surface area contributed by atoms with E-state index in [1.165, 1.54) is 6.42 Å². The van der Waals surface area contributed by atoms with Crippen molar-refractivity contribution in [2.45, 2.75) is 19.3 Å². The molecule has 0 saturated carbocycles. The maximum Gasteiger partial charge on any atom is 0.321 e. The monoisotopic (exact) mass is 257 g/mol. The maximum absolute atomic E-state index is 12.1. The highest BCUT2D eigenvalue weighted by molar-refractivity contribution is 5.89. The first-order valence-electron chi connectivity index (χ1n) is 6.64. The third-order valence-electron chi connectivity index (χ3n) is 3.09. The van der Waals surface area contributed by atoms with Gasteiger partial charge in [0, 0.05) is 24.3 Å². The van der Waals surface area contributed by atoms with Gasteiger partial charge in [0.05, 0.1) is 6.54 Å². The zero-order valence-electron chi connectivity index (χ0n) is 11.0. The summed E-state index contributed by atoms with van der Waals surface area (Å²) in [5.41, 5.74) is 6.98. The largest absolute Gasteiger partial charge is 0.325 e. The molecule has 0 unspecified atom stereocenters. The molecule has 1 aromatic carbocycles. The second-order valence-electron chi connectivity index (χ2n) is 4.56. The highest BCUT2D eigenvalue weighted by atomic mass is 16.2. The molecule has 2 amide bonds. The minimum Gasteiger partial charge on any atom is -0.325 e. The zero-order chi connectivity index (χ0) is 13.5. The lowest BCUT2D eigenvalue weighted by atomic mass is 10.1. The fourth-order valence-electron chi connectivity index (χ4n) is 2.13. The Labute approximate surface area is 114 Å². The number of benzene rings is 1. The van der Waals surface area contributed by atoms with Crippen molar-refractivity contribution in [3.05, 3.63) is 29.8 Å². The van der Waals surface area contributed by atoms with E-state index in [9.17, 15) is 4.79 Å². The van der Waals surface area contributed by atoms with Crippen molar-refractivity contribution in [3.63, 3.8) is 0 Å². The molecule has 0 aliphatic carbocycles. The number of amides is 2. The highest BCUT2D eigenvalue weighted by Gasteiger charge is 2.16. The van der Waals surface area contributed by atoms with Crippen LogP contribution in [0.15, 0.2) is 24.3 Å². The van der Waals surface area contributed by atoms with Crippen molar-refractivity contribution >= 4 is 11.7 Å². The lowest BCUT2D eigenvalue weighted by molar-refractivity contribution is 0.200. The molecule has 1 aliphatic rings. The minimum absolute atomic E-state index is 0.0244. The van der Waals surface area contributed by atoms with E-state index in [4.69, 9.17) is 5.73 Å². The van der Waals surface area contributed by atoms with Gasteiger partial charge in [-0.2, -0.15) is 0 Å². The fraction of sp³-hybridized carbons (Fsp3) is 0.400. The van der Waals surface area contributed by atoms with Crippen LogP contribution in [0.4, 0.5) is 10.5 Å². The van der Waals surface area contributed by atoms with Crippen LogP contribution < -0.4 is 11.1 Å². The summed E-state index contributed by atoms with van der Waals surface area (Å²) >= 11 is 0. The first-order chi connectivity index (χ1) is 9.29. The molecular weight excluding hydrogens is 238 g/mol. The van der Waals surface area contributed by atoms with Gasteiger partial charge < -0.3 is 16.0 Å². The van der Waals surface area contributed by atoms with Gasteiger partial charge in [-0.3, -0.25) is 0 Å². The Morgan fingerprint density at radius 1 is 1.32 bits per heavy atom. The SMILES string of the molecule is NCC#Cc1cccc(NC(=O)N2CCCCC2)c1. The number of urea groups is 1. The summed E-state index contributed by atoms with van der Waals surface area (Å²) in [5, 5.41) is 2.92. The maximum atomic E-state index is 12.1. The summed E-state index contributed by atoms with van der Waals surface area (Å²) in [6, 6.07) is 7.49. The molecule has 0 bridgehead atoms. The average Bonchev–Trinajstić information content (AvgIpc) is 2.46. The molecule has 0 spiro atoms. The molecule has 0 atom stereocenters. The minimum atomic E-state index is -0.0244. The van der Waals surface area contributed by atoms with E-state index in [1.54, 1.807) is 0 Å². The van der Waals surface area contributed by atoms with Crippen molar-refractivity contribution < 1.29 is 4.79 Å². The molecule has 2 rings (SSSR count). The first kappa shape index (κ1) is 13.4. The van der Waals surface area contributed by atoms with Crippen LogP contribution >= 0.6 is 0 Å². The molecule has 19 heavy (non-hydrogen) atoms. The topological polar surface area (TPSA) is 58.4 Å². The van der Waals surface area contributed by atoms with Gasteiger partial charge in [0.1, 0.15) is 0 Å². The molecule has 1 saturated heterocycles. The molecule has 1 aliphatic heterocycles. The summed E-state index contributed by atoms with van der Waals surface area (Å²) < 4.78 is 0. The van der Waals surface area contributed by atoms with Gasteiger partial charge >= 0.3 is 6.03 Å². The number of carbonyl (C=O) groups excluding carboxylic acids is 1. The smallest absolute Gasteiger partial charge is 0.321 e. The highest BCUT2D eigenvalue weighted by Crippen LogP contribution is 2.13. The van der Waals surface area contributed by atoms with Crippen LogP contribution in [0.25, 0.3) is 0 Å². The van der Waals surface area contributed by atoms with Gasteiger partial charge in [0.15, 0.2) is 0 Å². The number of hydrogen-bond acceptors (Lipinski definition) is 2. The molecule has 4 nitrogen and oxygen atoms in total. The van der Waals surface area contributed by atoms with E-state index in [2.05, 4.69) is 17.2 Å². The number of hydrogen-bond donors (Lipinski definition) is 2. The van der Waals surface area contributed by atoms with E-state index in [0.717, 1.165) is 37.2 Å². The van der Waals surface area contributed by atoms with Crippen LogP contribution in [0.1, 0.15) is 24.8 Å². The van der Waals surface area contributed by atoms with E-state index in [0.29, 0.717) is 6.54 Å². The lowest BCUT2D eigenvalue weighted by Crippen LogP contribution is -2.38. The van der Waals surface area contributed by atoms with E-state index >= 15 is 0 Å². The Kier molecular flexibility index (Phi) is 4.82. The Balaban J connectivity index is 1.99. The predicted octanol–water partition coefficient (Wildman–Crippen LogP) is 2.01. The quantitative estimate of drug-likeness (QED) is 0.756. The lowest BCUT2D eigenvalue weighted by Gasteiger charge is -2.26. The van der Waals surface area contributed by atoms with Crippen LogP contribution in [0.2, 0.25) is 0 Å². The number of nitrogens with one attached hydrogen (secondary N) is 1. The van der Waals surface area contributed by atoms with Crippen LogP contribution in [0, 0.1) is 11.8 Å². The van der Waals surface area contributed by atoms with Crippen molar-refractivity contribution in [2.24, 2.45) is 5.73 Å². The van der Waals surface area contributed by atoms with Crippen LogP contribution in [-0.4, -0.2) is 30.6 Å². The molecule has 1 fully saturated rings. The van der Waals surface area contributed by atoms with Crippen LogP contribution in [0.5, 0.6) is 0 Å². The van der Waals surface area contributed by atoms with Gasteiger partial charge in [-0.25, -0.2) is 4.79 Å². The van der Waals surface area contributed by atoms with Gasteiger partial charge in [-0.15, -0.1) is 0 Å². The zero-order valence-corrected chi connectivity index (χ0v) is 11.0. The number of likely N-dealkylation sites (tertiary alicyclic amines) is 1. The summed E-state index contributed by atoms with van der Waals surface area (Å²) in [5.74, 6) is 5.76.